The molecule has 42 heavy (non-hydrogen) atoms. The minimum Gasteiger partial charge on any atom is -0.417 e. The van der Waals surface area contributed by atoms with Crippen molar-refractivity contribution in [2.45, 2.75) is 136 Å². The van der Waals surface area contributed by atoms with Gasteiger partial charge >= 0.3 is 0 Å². The number of benzene rings is 2. The van der Waals surface area contributed by atoms with Gasteiger partial charge in [-0.2, -0.15) is 0 Å². The van der Waals surface area contributed by atoms with Crippen LogP contribution < -0.4 is 10.4 Å². The fourth-order valence-electron chi connectivity index (χ4n) is 5.37. The summed E-state index contributed by atoms with van der Waals surface area (Å²) in [6.07, 6.45) is 16.3. The highest BCUT2D eigenvalue weighted by Gasteiger charge is 2.51. The monoisotopic (exact) mass is 606 g/mol. The van der Waals surface area contributed by atoms with Gasteiger partial charge in [-0.15, -0.1) is 0 Å². The molecule has 0 bridgehead atoms. The summed E-state index contributed by atoms with van der Waals surface area (Å²) in [6, 6.07) is 22.1. The first-order valence-corrected chi connectivity index (χ1v) is 21.3. The zero-order valence-corrected chi connectivity index (χ0v) is 30.8. The number of allylic oxidation sites excluding steroid dienone is 3. The van der Waals surface area contributed by atoms with E-state index in [1.54, 1.807) is 0 Å². The highest BCUT2D eigenvalue weighted by molar-refractivity contribution is 6.99. The summed E-state index contributed by atoms with van der Waals surface area (Å²) in [6.45, 7) is 24.2. The van der Waals surface area contributed by atoms with Crippen LogP contribution in [0.25, 0.3) is 0 Å². The van der Waals surface area contributed by atoms with Crippen LogP contribution in [-0.2, 0) is 8.85 Å². The minimum absolute atomic E-state index is 0.0206. The highest BCUT2D eigenvalue weighted by Crippen LogP contribution is 2.39. The molecule has 0 aliphatic heterocycles. The van der Waals surface area contributed by atoms with Crippen LogP contribution in [0.1, 0.15) is 107 Å². The molecule has 2 aromatic rings. The molecule has 0 aliphatic carbocycles. The Morgan fingerprint density at radius 1 is 0.762 bits per heavy atom. The van der Waals surface area contributed by atoms with Crippen LogP contribution in [0.4, 0.5) is 0 Å². The molecule has 4 heteroatoms. The van der Waals surface area contributed by atoms with Crippen molar-refractivity contribution in [3.8, 4) is 0 Å². The first-order valence-electron chi connectivity index (χ1n) is 16.5. The van der Waals surface area contributed by atoms with E-state index >= 15 is 0 Å². The van der Waals surface area contributed by atoms with Crippen LogP contribution in [0.5, 0.6) is 0 Å². The molecule has 1 unspecified atom stereocenters. The van der Waals surface area contributed by atoms with E-state index in [1.807, 2.05) is 0 Å². The number of hydrogen-bond donors (Lipinski definition) is 0. The zero-order valence-electron chi connectivity index (χ0n) is 28.8. The van der Waals surface area contributed by atoms with E-state index in [0.29, 0.717) is 0 Å². The molecule has 0 N–H and O–H groups in total. The maximum Gasteiger partial charge on any atom is 0.261 e. The summed E-state index contributed by atoms with van der Waals surface area (Å²) in [4.78, 5) is 0. The van der Waals surface area contributed by atoms with E-state index < -0.39 is 16.6 Å². The van der Waals surface area contributed by atoms with Gasteiger partial charge in [0.05, 0.1) is 6.10 Å². The molecule has 0 saturated heterocycles. The van der Waals surface area contributed by atoms with Gasteiger partial charge in [0.15, 0.2) is 8.32 Å². The van der Waals surface area contributed by atoms with E-state index in [4.69, 9.17) is 8.85 Å². The van der Waals surface area contributed by atoms with Crippen molar-refractivity contribution in [2.75, 3.05) is 6.61 Å². The van der Waals surface area contributed by atoms with Crippen molar-refractivity contribution >= 4 is 27.0 Å². The van der Waals surface area contributed by atoms with Crippen LogP contribution in [0.2, 0.25) is 23.2 Å². The van der Waals surface area contributed by atoms with Crippen molar-refractivity contribution < 1.29 is 8.85 Å². The molecule has 2 rings (SSSR count). The molecule has 2 nitrogen and oxygen atoms in total. The topological polar surface area (TPSA) is 18.5 Å². The second-order valence-electron chi connectivity index (χ2n) is 14.5. The fraction of sp³-hybridized carbons (Fsp3) is 0.579. The number of rotatable bonds is 17. The summed E-state index contributed by atoms with van der Waals surface area (Å²) < 4.78 is 13.9. The van der Waals surface area contributed by atoms with Crippen molar-refractivity contribution in [3.05, 3.63) is 84.5 Å². The normalized spacial score (nSPS) is 14.5. The quantitative estimate of drug-likeness (QED) is 0.101. The largest absolute Gasteiger partial charge is 0.417 e. The molecular formula is C38H62O2Si2. The lowest BCUT2D eigenvalue weighted by Gasteiger charge is -2.45. The van der Waals surface area contributed by atoms with Gasteiger partial charge in [0, 0.05) is 6.61 Å². The Hall–Kier alpha value is -1.73. The van der Waals surface area contributed by atoms with Gasteiger partial charge in [-0.05, 0) is 78.1 Å². The second-order valence-corrected chi connectivity index (χ2v) is 23.6. The van der Waals surface area contributed by atoms with E-state index in [0.717, 1.165) is 32.3 Å². The molecule has 0 radical (unpaired) electrons. The summed E-state index contributed by atoms with van der Waals surface area (Å²) >= 11 is 0. The molecule has 0 aliphatic rings. The van der Waals surface area contributed by atoms with E-state index in [2.05, 4.69) is 147 Å². The first kappa shape index (κ1) is 36.5. The molecule has 0 heterocycles. The zero-order chi connectivity index (χ0) is 31.3. The SMILES string of the molecule is CCCCCC(O[Si](c1ccccc1)(c1ccccc1)C(C)(C)C)/C(C)=C\C/C=C\CCCCO[Si](C)(C)C(C)(C)C. The van der Waals surface area contributed by atoms with Crippen LogP contribution >= 0.6 is 0 Å². The van der Waals surface area contributed by atoms with Crippen LogP contribution in [0, 0.1) is 0 Å². The van der Waals surface area contributed by atoms with E-state index in [-0.39, 0.29) is 16.2 Å². The molecule has 0 amide bonds. The minimum atomic E-state index is -2.60. The number of hydrogen-bond acceptors (Lipinski definition) is 2. The smallest absolute Gasteiger partial charge is 0.261 e. The second kappa shape index (κ2) is 16.9. The Morgan fingerprint density at radius 3 is 1.83 bits per heavy atom. The fourth-order valence-corrected chi connectivity index (χ4v) is 11.2. The summed E-state index contributed by atoms with van der Waals surface area (Å²) in [5.74, 6) is 0. The van der Waals surface area contributed by atoms with Crippen molar-refractivity contribution in [2.24, 2.45) is 0 Å². The van der Waals surface area contributed by atoms with Gasteiger partial charge in [0.1, 0.15) is 0 Å². The molecule has 2 aromatic carbocycles. The van der Waals surface area contributed by atoms with Gasteiger partial charge < -0.3 is 8.85 Å². The lowest BCUT2D eigenvalue weighted by molar-refractivity contribution is 0.207. The Balaban J connectivity index is 2.17. The average Bonchev–Trinajstić information content (AvgIpc) is 2.93. The van der Waals surface area contributed by atoms with Gasteiger partial charge in [0.25, 0.3) is 8.32 Å². The van der Waals surface area contributed by atoms with Crippen LogP contribution in [-0.4, -0.2) is 29.3 Å². The lowest BCUT2D eigenvalue weighted by Crippen LogP contribution is -2.67. The predicted octanol–water partition coefficient (Wildman–Crippen LogP) is 10.6. The van der Waals surface area contributed by atoms with Crippen LogP contribution in [0.15, 0.2) is 84.5 Å². The van der Waals surface area contributed by atoms with Gasteiger partial charge in [-0.25, -0.2) is 0 Å². The molecule has 234 valence electrons. The Labute approximate surface area is 262 Å². The Morgan fingerprint density at radius 2 is 1.33 bits per heavy atom. The number of unbranched alkanes of at least 4 members (excludes halogenated alkanes) is 4. The standard InChI is InChI=1S/C38H62O2Si2/c1-11-12-19-31-36(33(2)26-20-15-13-14-16-25-32-39-41(9,10)37(3,4)5)40-42(38(6,7)8,34-27-21-17-22-28-34)35-29-23-18-24-30-35/h13,15,17-18,21-24,26-30,36H,11-12,14,16,19-20,25,31-32H2,1-10H3/b15-13-,33-26-. The van der Waals surface area contributed by atoms with Crippen molar-refractivity contribution in [3.63, 3.8) is 0 Å². The van der Waals surface area contributed by atoms with Crippen molar-refractivity contribution in [1.29, 1.82) is 0 Å². The molecule has 0 spiro atoms. The average molecular weight is 607 g/mol. The predicted molar refractivity (Wildman–Crippen MR) is 191 cm³/mol. The maximum atomic E-state index is 7.59. The Kier molecular flexibility index (Phi) is 14.7. The Bertz CT molecular complexity index is 1040. The van der Waals surface area contributed by atoms with Gasteiger partial charge in [-0.3, -0.25) is 0 Å². The van der Waals surface area contributed by atoms with Crippen LogP contribution in [0.3, 0.4) is 0 Å². The molecule has 0 aromatic heterocycles. The van der Waals surface area contributed by atoms with E-state index in [1.165, 1.54) is 41.6 Å². The van der Waals surface area contributed by atoms with Gasteiger partial charge in [-0.1, -0.05) is 147 Å². The summed E-state index contributed by atoms with van der Waals surface area (Å²) in [7, 11) is -4.23. The lowest BCUT2D eigenvalue weighted by atomic mass is 10.0. The van der Waals surface area contributed by atoms with Gasteiger partial charge in [0.2, 0.25) is 0 Å². The third-order valence-corrected chi connectivity index (χ3v) is 18.7. The molecule has 0 fully saturated rings. The molecule has 0 saturated carbocycles. The molecular weight excluding hydrogens is 545 g/mol. The summed E-state index contributed by atoms with van der Waals surface area (Å²) in [5.41, 5.74) is 1.37. The van der Waals surface area contributed by atoms with E-state index in [9.17, 15) is 0 Å². The highest BCUT2D eigenvalue weighted by atomic mass is 28.4. The third-order valence-electron chi connectivity index (χ3n) is 9.09. The summed E-state index contributed by atoms with van der Waals surface area (Å²) in [5, 5.41) is 2.98. The first-order chi connectivity index (χ1) is 19.8. The maximum absolute atomic E-state index is 7.59. The molecule has 1 atom stereocenters. The third kappa shape index (κ3) is 10.5. The van der Waals surface area contributed by atoms with Crippen molar-refractivity contribution in [1.82, 2.24) is 0 Å².